The van der Waals surface area contributed by atoms with Crippen molar-refractivity contribution >= 4 is 35.1 Å². The summed E-state index contributed by atoms with van der Waals surface area (Å²) in [6.45, 7) is 5.32. The summed E-state index contributed by atoms with van der Waals surface area (Å²) in [5.41, 5.74) is 1.74. The highest BCUT2D eigenvalue weighted by Gasteiger charge is 2.25. The van der Waals surface area contributed by atoms with Crippen LogP contribution in [0.1, 0.15) is 39.0 Å². The van der Waals surface area contributed by atoms with Crippen molar-refractivity contribution in [3.63, 3.8) is 0 Å². The summed E-state index contributed by atoms with van der Waals surface area (Å²) < 4.78 is 5.03. The van der Waals surface area contributed by atoms with Crippen LogP contribution in [0.2, 0.25) is 5.02 Å². The molecule has 0 aromatic heterocycles. The van der Waals surface area contributed by atoms with Gasteiger partial charge in [0.2, 0.25) is 0 Å². The highest BCUT2D eigenvalue weighted by molar-refractivity contribution is 6.31. The van der Waals surface area contributed by atoms with Gasteiger partial charge < -0.3 is 25.2 Å². The number of benzene rings is 1. The number of carbonyl (C=O) groups is 2. The Balaban J connectivity index is 1.55. The molecule has 28 heavy (non-hydrogen) atoms. The fraction of sp³-hybridized carbons (Fsp3) is 0.600. The van der Waals surface area contributed by atoms with E-state index in [-0.39, 0.29) is 18.2 Å². The second-order valence-corrected chi connectivity index (χ2v) is 7.70. The third kappa shape index (κ3) is 5.44. The Labute approximate surface area is 171 Å². The van der Waals surface area contributed by atoms with Crippen LogP contribution < -0.4 is 15.5 Å². The lowest BCUT2D eigenvalue weighted by Gasteiger charge is -2.32. The molecule has 0 bridgehead atoms. The van der Waals surface area contributed by atoms with Crippen molar-refractivity contribution in [1.29, 1.82) is 0 Å². The molecule has 0 saturated carbocycles. The third-order valence-corrected chi connectivity index (χ3v) is 5.49. The number of piperidine rings is 2. The molecule has 3 amide bonds. The molecule has 8 heteroatoms. The topological polar surface area (TPSA) is 73.9 Å². The zero-order valence-electron chi connectivity index (χ0n) is 16.4. The highest BCUT2D eigenvalue weighted by Crippen LogP contribution is 2.31. The van der Waals surface area contributed by atoms with Crippen molar-refractivity contribution in [1.82, 2.24) is 10.2 Å². The normalized spacial score (nSPS) is 17.9. The number of rotatable bonds is 4. The summed E-state index contributed by atoms with van der Waals surface area (Å²) in [6.07, 6.45) is 4.70. The van der Waals surface area contributed by atoms with Gasteiger partial charge in [-0.2, -0.15) is 0 Å². The second-order valence-electron chi connectivity index (χ2n) is 7.27. The molecule has 1 aromatic carbocycles. The average Bonchev–Trinajstić information content (AvgIpc) is 2.69. The molecule has 0 atom stereocenters. The molecule has 2 saturated heterocycles. The minimum atomic E-state index is -0.282. The number of halogens is 1. The number of ether oxygens (including phenoxy) is 1. The lowest BCUT2D eigenvalue weighted by atomic mass is 10.1. The van der Waals surface area contributed by atoms with Crippen LogP contribution in [-0.2, 0) is 4.74 Å². The number of anilines is 2. The van der Waals surface area contributed by atoms with Crippen molar-refractivity contribution in [3.05, 3.63) is 23.2 Å². The maximum absolute atomic E-state index is 12.6. The molecule has 2 heterocycles. The summed E-state index contributed by atoms with van der Waals surface area (Å²) >= 11 is 6.16. The Hall–Kier alpha value is -2.15. The lowest BCUT2D eigenvalue weighted by Crippen LogP contribution is -2.47. The van der Waals surface area contributed by atoms with Crippen LogP contribution in [0.4, 0.5) is 21.0 Å². The van der Waals surface area contributed by atoms with Crippen LogP contribution in [0, 0.1) is 0 Å². The predicted octanol–water partition coefficient (Wildman–Crippen LogP) is 4.07. The van der Waals surface area contributed by atoms with Gasteiger partial charge in [0.15, 0.2) is 0 Å². The van der Waals surface area contributed by atoms with Gasteiger partial charge in [0.05, 0.1) is 18.0 Å². The first-order chi connectivity index (χ1) is 13.6. The van der Waals surface area contributed by atoms with Crippen molar-refractivity contribution < 1.29 is 14.3 Å². The third-order valence-electron chi connectivity index (χ3n) is 5.26. The SMILES string of the molecule is CCOC(=O)N1CCC(NC(=O)Nc2cc(Cl)ccc2N2CCCCC2)CC1. The fourth-order valence-electron chi connectivity index (χ4n) is 3.78. The molecule has 2 aliphatic rings. The van der Waals surface area contributed by atoms with E-state index < -0.39 is 0 Å². The Morgan fingerprint density at radius 3 is 2.54 bits per heavy atom. The standard InChI is InChI=1S/C20H29ClN4O3/c1-2-28-20(27)25-12-8-16(9-13-25)22-19(26)23-17-14-15(21)6-7-18(17)24-10-4-3-5-11-24/h6-7,14,16H,2-5,8-13H2,1H3,(H2,22,23,26). The van der Waals surface area contributed by atoms with E-state index in [1.54, 1.807) is 17.9 Å². The van der Waals surface area contributed by atoms with Crippen LogP contribution in [0.3, 0.4) is 0 Å². The smallest absolute Gasteiger partial charge is 0.409 e. The fourth-order valence-corrected chi connectivity index (χ4v) is 3.96. The van der Waals surface area contributed by atoms with Crippen molar-refractivity contribution in [2.24, 2.45) is 0 Å². The first kappa shape index (κ1) is 20.6. The van der Waals surface area contributed by atoms with Gasteiger partial charge in [-0.3, -0.25) is 0 Å². The van der Waals surface area contributed by atoms with E-state index in [1.807, 2.05) is 12.1 Å². The Morgan fingerprint density at radius 2 is 1.86 bits per heavy atom. The number of amides is 3. The van der Waals surface area contributed by atoms with E-state index in [0.29, 0.717) is 37.6 Å². The van der Waals surface area contributed by atoms with E-state index in [9.17, 15) is 9.59 Å². The maximum Gasteiger partial charge on any atom is 0.409 e. The maximum atomic E-state index is 12.6. The van der Waals surface area contributed by atoms with Crippen molar-refractivity contribution in [2.75, 3.05) is 43.0 Å². The number of nitrogens with zero attached hydrogens (tertiary/aromatic N) is 2. The second kappa shape index (κ2) is 9.87. The van der Waals surface area contributed by atoms with Gasteiger partial charge in [-0.05, 0) is 57.2 Å². The predicted molar refractivity (Wildman–Crippen MR) is 111 cm³/mol. The van der Waals surface area contributed by atoms with E-state index in [4.69, 9.17) is 16.3 Å². The summed E-state index contributed by atoms with van der Waals surface area (Å²) in [5, 5.41) is 6.58. The molecule has 154 valence electrons. The molecule has 0 unspecified atom stereocenters. The molecular formula is C20H29ClN4O3. The summed E-state index contributed by atoms with van der Waals surface area (Å²) in [5.74, 6) is 0. The summed E-state index contributed by atoms with van der Waals surface area (Å²) in [6, 6.07) is 5.42. The first-order valence-electron chi connectivity index (χ1n) is 10.1. The van der Waals surface area contributed by atoms with E-state index >= 15 is 0 Å². The Morgan fingerprint density at radius 1 is 1.14 bits per heavy atom. The zero-order valence-corrected chi connectivity index (χ0v) is 17.1. The van der Waals surface area contributed by atoms with Gasteiger partial charge in [0.1, 0.15) is 0 Å². The number of hydrogen-bond acceptors (Lipinski definition) is 4. The highest BCUT2D eigenvalue weighted by atomic mass is 35.5. The Kier molecular flexibility index (Phi) is 7.25. The minimum Gasteiger partial charge on any atom is -0.450 e. The summed E-state index contributed by atoms with van der Waals surface area (Å²) in [4.78, 5) is 28.3. The summed E-state index contributed by atoms with van der Waals surface area (Å²) in [7, 11) is 0. The molecule has 7 nitrogen and oxygen atoms in total. The lowest BCUT2D eigenvalue weighted by molar-refractivity contribution is 0.0959. The number of carbonyl (C=O) groups excluding carboxylic acids is 2. The number of hydrogen-bond donors (Lipinski definition) is 2. The van der Waals surface area contributed by atoms with E-state index in [0.717, 1.165) is 37.3 Å². The number of nitrogens with one attached hydrogen (secondary N) is 2. The number of likely N-dealkylation sites (tertiary alicyclic amines) is 1. The van der Waals surface area contributed by atoms with E-state index in [2.05, 4.69) is 15.5 Å². The molecule has 1 aromatic rings. The molecule has 2 N–H and O–H groups in total. The van der Waals surface area contributed by atoms with Gasteiger partial charge >= 0.3 is 12.1 Å². The van der Waals surface area contributed by atoms with Gasteiger partial charge in [-0.1, -0.05) is 11.6 Å². The van der Waals surface area contributed by atoms with Gasteiger partial charge in [-0.15, -0.1) is 0 Å². The minimum absolute atomic E-state index is 0.0308. The van der Waals surface area contributed by atoms with Gasteiger partial charge in [-0.25, -0.2) is 9.59 Å². The quantitative estimate of drug-likeness (QED) is 0.787. The molecule has 3 rings (SSSR count). The van der Waals surface area contributed by atoms with Gasteiger partial charge in [0.25, 0.3) is 0 Å². The molecule has 0 spiro atoms. The van der Waals surface area contributed by atoms with Crippen LogP contribution in [-0.4, -0.2) is 55.9 Å². The largest absolute Gasteiger partial charge is 0.450 e. The van der Waals surface area contributed by atoms with Crippen LogP contribution in [0.25, 0.3) is 0 Å². The monoisotopic (exact) mass is 408 g/mol. The van der Waals surface area contributed by atoms with Crippen LogP contribution in [0.5, 0.6) is 0 Å². The van der Waals surface area contributed by atoms with Crippen LogP contribution >= 0.6 is 11.6 Å². The van der Waals surface area contributed by atoms with Crippen LogP contribution in [0.15, 0.2) is 18.2 Å². The average molecular weight is 409 g/mol. The molecule has 0 aliphatic carbocycles. The van der Waals surface area contributed by atoms with Crippen molar-refractivity contribution in [2.45, 2.75) is 45.1 Å². The number of urea groups is 1. The molecule has 0 radical (unpaired) electrons. The van der Waals surface area contributed by atoms with E-state index in [1.165, 1.54) is 6.42 Å². The first-order valence-corrected chi connectivity index (χ1v) is 10.5. The van der Waals surface area contributed by atoms with Gasteiger partial charge in [0, 0.05) is 37.2 Å². The molecule has 2 aliphatic heterocycles. The zero-order chi connectivity index (χ0) is 19.9. The molecule has 2 fully saturated rings. The van der Waals surface area contributed by atoms with Crippen molar-refractivity contribution in [3.8, 4) is 0 Å². The Bertz CT molecular complexity index is 686. The molecular weight excluding hydrogens is 380 g/mol.